The first-order valence-electron chi connectivity index (χ1n) is 5.80. The molecule has 7 heteroatoms. The number of nitrogens with one attached hydrogen (secondary N) is 2. The maximum Gasteiger partial charge on any atom is 0.148 e. The maximum absolute atomic E-state index is 5.46. The Morgan fingerprint density at radius 3 is 2.72 bits per heavy atom. The third-order valence-corrected chi connectivity index (χ3v) is 2.55. The zero-order valence-corrected chi connectivity index (χ0v) is 10.5. The van der Waals surface area contributed by atoms with Gasteiger partial charge in [-0.15, -0.1) is 0 Å². The van der Waals surface area contributed by atoms with Crippen molar-refractivity contribution in [1.82, 2.24) is 19.7 Å². The first kappa shape index (κ1) is 12.3. The Labute approximate surface area is 105 Å². The fourth-order valence-corrected chi connectivity index (χ4v) is 1.75. The minimum absolute atomic E-state index is 0.651. The molecule has 2 heterocycles. The van der Waals surface area contributed by atoms with Gasteiger partial charge in [0.1, 0.15) is 18.0 Å². The normalized spacial score (nSPS) is 10.4. The Hall–Kier alpha value is -2.15. The second-order valence-corrected chi connectivity index (χ2v) is 3.97. The van der Waals surface area contributed by atoms with Gasteiger partial charge < -0.3 is 10.7 Å². The van der Waals surface area contributed by atoms with Crippen molar-refractivity contribution in [2.45, 2.75) is 19.8 Å². The molecule has 2 rings (SSSR count). The van der Waals surface area contributed by atoms with Gasteiger partial charge in [-0.3, -0.25) is 4.68 Å². The van der Waals surface area contributed by atoms with Crippen molar-refractivity contribution in [3.63, 3.8) is 0 Å². The van der Waals surface area contributed by atoms with Crippen molar-refractivity contribution in [3.05, 3.63) is 24.3 Å². The summed E-state index contributed by atoms with van der Waals surface area (Å²) in [5.74, 6) is 6.87. The molecule has 0 aliphatic heterocycles. The smallest absolute Gasteiger partial charge is 0.148 e. The van der Waals surface area contributed by atoms with Crippen LogP contribution in [0, 0.1) is 0 Å². The summed E-state index contributed by atoms with van der Waals surface area (Å²) in [7, 11) is 1.87. The van der Waals surface area contributed by atoms with Crippen molar-refractivity contribution in [1.29, 1.82) is 0 Å². The fourth-order valence-electron chi connectivity index (χ4n) is 1.75. The lowest BCUT2D eigenvalue weighted by Crippen LogP contribution is -2.13. The molecular weight excluding hydrogens is 230 g/mol. The molecule has 2 aromatic heterocycles. The minimum atomic E-state index is 0.651. The quantitative estimate of drug-likeness (QED) is 0.543. The number of aromatic nitrogens is 4. The number of anilines is 3. The van der Waals surface area contributed by atoms with Gasteiger partial charge in [-0.05, 0) is 6.42 Å². The molecule has 0 bridgehead atoms. The number of rotatable bonds is 5. The van der Waals surface area contributed by atoms with Gasteiger partial charge in [0.15, 0.2) is 0 Å². The van der Waals surface area contributed by atoms with E-state index in [0.29, 0.717) is 5.82 Å². The molecule has 2 aromatic rings. The highest BCUT2D eigenvalue weighted by atomic mass is 15.3. The molecule has 0 fully saturated rings. The van der Waals surface area contributed by atoms with Gasteiger partial charge in [-0.25, -0.2) is 15.8 Å². The van der Waals surface area contributed by atoms with Crippen LogP contribution < -0.4 is 16.6 Å². The Morgan fingerprint density at radius 1 is 1.33 bits per heavy atom. The van der Waals surface area contributed by atoms with E-state index < -0.39 is 0 Å². The first-order valence-corrected chi connectivity index (χ1v) is 5.80. The van der Waals surface area contributed by atoms with Gasteiger partial charge in [0.05, 0.1) is 11.9 Å². The standard InChI is InChI=1S/C11H17N7/c1-3-4-9-10(13-7-14-11(9)17-12)16-8-5-15-18(2)6-8/h5-7H,3-4,12H2,1-2H3,(H2,13,14,16,17). The van der Waals surface area contributed by atoms with Crippen molar-refractivity contribution in [2.24, 2.45) is 12.9 Å². The van der Waals surface area contributed by atoms with Crippen LogP contribution in [-0.2, 0) is 13.5 Å². The largest absolute Gasteiger partial charge is 0.337 e. The summed E-state index contributed by atoms with van der Waals surface area (Å²) in [6, 6.07) is 0. The van der Waals surface area contributed by atoms with E-state index in [1.54, 1.807) is 10.9 Å². The average Bonchev–Trinajstić information content (AvgIpc) is 2.77. The molecule has 0 unspecified atom stereocenters. The summed E-state index contributed by atoms with van der Waals surface area (Å²) >= 11 is 0. The predicted molar refractivity (Wildman–Crippen MR) is 70.3 cm³/mol. The molecule has 0 spiro atoms. The van der Waals surface area contributed by atoms with Gasteiger partial charge in [0.25, 0.3) is 0 Å². The summed E-state index contributed by atoms with van der Waals surface area (Å²) in [5, 5.41) is 7.32. The van der Waals surface area contributed by atoms with E-state index in [0.717, 1.165) is 29.9 Å². The van der Waals surface area contributed by atoms with Crippen LogP contribution in [0.2, 0.25) is 0 Å². The van der Waals surface area contributed by atoms with E-state index in [-0.39, 0.29) is 0 Å². The lowest BCUT2D eigenvalue weighted by atomic mass is 10.1. The first-order chi connectivity index (χ1) is 8.74. The molecular formula is C11H17N7. The summed E-state index contributed by atoms with van der Waals surface area (Å²) < 4.78 is 1.73. The van der Waals surface area contributed by atoms with Crippen LogP contribution in [0.4, 0.5) is 17.3 Å². The Morgan fingerprint density at radius 2 is 2.11 bits per heavy atom. The van der Waals surface area contributed by atoms with Gasteiger partial charge in [0.2, 0.25) is 0 Å². The zero-order valence-electron chi connectivity index (χ0n) is 10.5. The van der Waals surface area contributed by atoms with Crippen molar-refractivity contribution < 1.29 is 0 Å². The van der Waals surface area contributed by atoms with Gasteiger partial charge >= 0.3 is 0 Å². The molecule has 0 radical (unpaired) electrons. The Bertz CT molecular complexity index is 520. The molecule has 0 aliphatic carbocycles. The average molecular weight is 247 g/mol. The van der Waals surface area contributed by atoms with E-state index in [2.05, 4.69) is 32.7 Å². The molecule has 0 amide bonds. The Balaban J connectivity index is 2.31. The van der Waals surface area contributed by atoms with Crippen molar-refractivity contribution in [2.75, 3.05) is 10.7 Å². The second-order valence-electron chi connectivity index (χ2n) is 3.97. The van der Waals surface area contributed by atoms with Crippen molar-refractivity contribution in [3.8, 4) is 0 Å². The number of nitrogens with two attached hydrogens (primary N) is 1. The molecule has 96 valence electrons. The number of nitrogen functional groups attached to an aromatic ring is 1. The lowest BCUT2D eigenvalue weighted by Gasteiger charge is -2.12. The van der Waals surface area contributed by atoms with Crippen molar-refractivity contribution >= 4 is 17.3 Å². The lowest BCUT2D eigenvalue weighted by molar-refractivity contribution is 0.768. The molecule has 0 saturated heterocycles. The molecule has 18 heavy (non-hydrogen) atoms. The van der Waals surface area contributed by atoms with Crippen LogP contribution >= 0.6 is 0 Å². The molecule has 0 saturated carbocycles. The van der Waals surface area contributed by atoms with Crippen LogP contribution in [0.1, 0.15) is 18.9 Å². The number of hydrogen-bond acceptors (Lipinski definition) is 6. The highest BCUT2D eigenvalue weighted by molar-refractivity contribution is 5.63. The van der Waals surface area contributed by atoms with Crippen LogP contribution in [0.25, 0.3) is 0 Å². The highest BCUT2D eigenvalue weighted by Gasteiger charge is 2.10. The predicted octanol–water partition coefficient (Wildman–Crippen LogP) is 1.19. The highest BCUT2D eigenvalue weighted by Crippen LogP contribution is 2.23. The number of aryl methyl sites for hydroxylation is 1. The van der Waals surface area contributed by atoms with Crippen LogP contribution in [-0.4, -0.2) is 19.7 Å². The van der Waals surface area contributed by atoms with Gasteiger partial charge in [-0.1, -0.05) is 13.3 Å². The van der Waals surface area contributed by atoms with Crippen LogP contribution in [0.3, 0.4) is 0 Å². The molecule has 0 aliphatic rings. The summed E-state index contributed by atoms with van der Waals surface area (Å²) in [5.41, 5.74) is 4.46. The zero-order chi connectivity index (χ0) is 13.0. The molecule has 7 nitrogen and oxygen atoms in total. The molecule has 4 N–H and O–H groups in total. The molecule has 0 atom stereocenters. The van der Waals surface area contributed by atoms with Crippen LogP contribution in [0.15, 0.2) is 18.7 Å². The second kappa shape index (κ2) is 5.46. The van der Waals surface area contributed by atoms with Crippen LogP contribution in [0.5, 0.6) is 0 Å². The van der Waals surface area contributed by atoms with E-state index in [1.165, 1.54) is 6.33 Å². The monoisotopic (exact) mass is 247 g/mol. The van der Waals surface area contributed by atoms with Gasteiger partial charge in [-0.2, -0.15) is 5.10 Å². The summed E-state index contributed by atoms with van der Waals surface area (Å²) in [6.07, 6.45) is 6.95. The Kier molecular flexibility index (Phi) is 3.73. The SMILES string of the molecule is CCCc1c(NN)ncnc1Nc1cnn(C)c1. The number of hydrazine groups is 1. The minimum Gasteiger partial charge on any atom is -0.337 e. The van der Waals surface area contributed by atoms with E-state index in [1.807, 2.05) is 13.2 Å². The topological polar surface area (TPSA) is 93.7 Å². The summed E-state index contributed by atoms with van der Waals surface area (Å²) in [4.78, 5) is 8.37. The van der Waals surface area contributed by atoms with E-state index in [9.17, 15) is 0 Å². The summed E-state index contributed by atoms with van der Waals surface area (Å²) in [6.45, 7) is 2.10. The van der Waals surface area contributed by atoms with E-state index >= 15 is 0 Å². The van der Waals surface area contributed by atoms with Gasteiger partial charge in [0, 0.05) is 18.8 Å². The molecule has 0 aromatic carbocycles. The third kappa shape index (κ3) is 2.57. The van der Waals surface area contributed by atoms with E-state index in [4.69, 9.17) is 5.84 Å². The fraction of sp³-hybridized carbons (Fsp3) is 0.364. The third-order valence-electron chi connectivity index (χ3n) is 2.55. The maximum atomic E-state index is 5.46. The number of hydrogen-bond donors (Lipinski definition) is 3. The number of nitrogens with zero attached hydrogens (tertiary/aromatic N) is 4.